The third kappa shape index (κ3) is 4.85. The predicted molar refractivity (Wildman–Crippen MR) is 275 cm³/mol. The van der Waals surface area contributed by atoms with Crippen molar-refractivity contribution in [1.82, 2.24) is 4.57 Å². The Balaban J connectivity index is 0.959. The third-order valence-electron chi connectivity index (χ3n) is 15.2. The highest BCUT2D eigenvalue weighted by atomic mass is 15.1. The fourth-order valence-corrected chi connectivity index (χ4v) is 12.5. The molecule has 0 N–H and O–H groups in total. The van der Waals surface area contributed by atoms with E-state index >= 15 is 0 Å². The van der Waals surface area contributed by atoms with Crippen molar-refractivity contribution < 1.29 is 0 Å². The minimum atomic E-state index is -0.554. The number of aromatic nitrogens is 1. The topological polar surface area (TPSA) is 8.17 Å². The Labute approximate surface area is 385 Å². The number of anilines is 3. The molecule has 1 spiro atoms. The van der Waals surface area contributed by atoms with Gasteiger partial charge in [0.15, 0.2) is 0 Å². The number of para-hydroxylation sites is 4. The van der Waals surface area contributed by atoms with Crippen molar-refractivity contribution in [2.45, 2.75) is 24.7 Å². The summed E-state index contributed by atoms with van der Waals surface area (Å²) in [6.07, 6.45) is 0. The van der Waals surface area contributed by atoms with Gasteiger partial charge < -0.3 is 9.47 Å². The molecule has 11 aromatic rings. The molecule has 2 aliphatic carbocycles. The van der Waals surface area contributed by atoms with Crippen LogP contribution in [0, 0.1) is 0 Å². The Kier molecular flexibility index (Phi) is 7.70. The number of benzene rings is 10. The second kappa shape index (κ2) is 13.7. The van der Waals surface area contributed by atoms with Crippen molar-refractivity contribution in [2.24, 2.45) is 0 Å². The molecule has 2 heteroatoms. The van der Waals surface area contributed by atoms with E-state index in [9.17, 15) is 0 Å². The maximum absolute atomic E-state index is 2.53. The van der Waals surface area contributed by atoms with E-state index in [4.69, 9.17) is 0 Å². The molecule has 2 heterocycles. The molecule has 0 saturated carbocycles. The van der Waals surface area contributed by atoms with Crippen molar-refractivity contribution in [3.8, 4) is 50.2 Å². The number of hydrogen-bond donors (Lipinski definition) is 0. The summed E-state index contributed by atoms with van der Waals surface area (Å²) in [4.78, 5) is 2.41. The maximum atomic E-state index is 2.53. The van der Waals surface area contributed by atoms with Gasteiger partial charge in [0, 0.05) is 33.2 Å². The van der Waals surface area contributed by atoms with Crippen molar-refractivity contribution in [3.05, 3.63) is 264 Å². The zero-order valence-electron chi connectivity index (χ0n) is 36.8. The molecule has 14 rings (SSSR count). The Bertz CT molecular complexity index is 3800. The molecule has 1 unspecified atom stereocenters. The van der Waals surface area contributed by atoms with Crippen LogP contribution in [0.1, 0.15) is 47.2 Å². The van der Waals surface area contributed by atoms with Gasteiger partial charge in [-0.05, 0) is 126 Å². The smallest absolute Gasteiger partial charge is 0.0760 e. The van der Waals surface area contributed by atoms with Crippen LogP contribution < -0.4 is 4.90 Å². The quantitative estimate of drug-likeness (QED) is 0.168. The summed E-state index contributed by atoms with van der Waals surface area (Å²) >= 11 is 0. The van der Waals surface area contributed by atoms with Crippen LogP contribution in [-0.4, -0.2) is 4.57 Å². The van der Waals surface area contributed by atoms with Gasteiger partial charge in [-0.1, -0.05) is 196 Å². The molecular weight excluding hydrogens is 797 g/mol. The van der Waals surface area contributed by atoms with Crippen LogP contribution in [0.4, 0.5) is 17.1 Å². The summed E-state index contributed by atoms with van der Waals surface area (Å²) in [5.74, 6) is 0. The zero-order chi connectivity index (χ0) is 43.7. The molecule has 0 bridgehead atoms. The fourth-order valence-electron chi connectivity index (χ4n) is 12.5. The Morgan fingerprint density at radius 2 is 0.939 bits per heavy atom. The average molecular weight is 841 g/mol. The number of hydrogen-bond acceptors (Lipinski definition) is 1. The van der Waals surface area contributed by atoms with Gasteiger partial charge in [-0.2, -0.15) is 0 Å². The minimum absolute atomic E-state index is 0.0496. The van der Waals surface area contributed by atoms with Crippen LogP contribution >= 0.6 is 0 Å². The highest BCUT2D eigenvalue weighted by molar-refractivity contribution is 6.13. The van der Waals surface area contributed by atoms with Gasteiger partial charge in [0.05, 0.1) is 22.1 Å². The lowest BCUT2D eigenvalue weighted by Crippen LogP contribution is -2.34. The van der Waals surface area contributed by atoms with Crippen molar-refractivity contribution in [2.75, 3.05) is 4.90 Å². The van der Waals surface area contributed by atoms with Crippen LogP contribution in [-0.2, 0) is 10.8 Å². The first kappa shape index (κ1) is 37.2. The molecule has 0 radical (unpaired) electrons. The highest BCUT2D eigenvalue weighted by Crippen LogP contribution is 2.63. The summed E-state index contributed by atoms with van der Waals surface area (Å²) in [5, 5.41) is 2.57. The first-order valence-corrected chi connectivity index (χ1v) is 23.2. The van der Waals surface area contributed by atoms with Crippen LogP contribution in [0.3, 0.4) is 0 Å². The molecule has 66 heavy (non-hydrogen) atoms. The molecule has 0 amide bonds. The molecule has 3 aliphatic rings. The Morgan fingerprint density at radius 3 is 1.80 bits per heavy atom. The first-order valence-electron chi connectivity index (χ1n) is 23.2. The normalized spacial score (nSPS) is 15.6. The lowest BCUT2D eigenvalue weighted by molar-refractivity contribution is 0.660. The molecule has 2 nitrogen and oxygen atoms in total. The molecule has 0 saturated heterocycles. The summed E-state index contributed by atoms with van der Waals surface area (Å²) in [6, 6.07) is 86.2. The average Bonchev–Trinajstić information content (AvgIpc) is 3.96. The van der Waals surface area contributed by atoms with Gasteiger partial charge in [0.1, 0.15) is 0 Å². The number of nitrogens with zero attached hydrogens (tertiary/aromatic N) is 2. The van der Waals surface area contributed by atoms with Gasteiger partial charge in [-0.3, -0.25) is 0 Å². The van der Waals surface area contributed by atoms with E-state index in [1.54, 1.807) is 0 Å². The zero-order valence-corrected chi connectivity index (χ0v) is 36.8. The number of rotatable bonds is 5. The van der Waals surface area contributed by atoms with Crippen molar-refractivity contribution >= 4 is 38.9 Å². The van der Waals surface area contributed by atoms with Crippen LogP contribution in [0.25, 0.3) is 72.0 Å². The van der Waals surface area contributed by atoms with E-state index in [0.717, 1.165) is 17.1 Å². The number of fused-ring (bicyclic) bond motifs is 15. The maximum Gasteiger partial charge on any atom is 0.0760 e. The molecule has 10 aromatic carbocycles. The summed E-state index contributed by atoms with van der Waals surface area (Å²) in [6.45, 7) is 4.71. The summed E-state index contributed by atoms with van der Waals surface area (Å²) < 4.78 is 2.53. The second-order valence-electron chi connectivity index (χ2n) is 18.8. The highest BCUT2D eigenvalue weighted by Gasteiger charge is 2.52. The van der Waals surface area contributed by atoms with Crippen LogP contribution in [0.15, 0.2) is 231 Å². The molecule has 1 aliphatic heterocycles. The third-order valence-corrected chi connectivity index (χ3v) is 15.2. The van der Waals surface area contributed by atoms with Gasteiger partial charge in [-0.25, -0.2) is 0 Å². The second-order valence-corrected chi connectivity index (χ2v) is 18.8. The summed E-state index contributed by atoms with van der Waals surface area (Å²) in [7, 11) is 0. The largest absolute Gasteiger partial charge is 0.310 e. The Hall–Kier alpha value is -8.20. The van der Waals surface area contributed by atoms with E-state index in [-0.39, 0.29) is 5.41 Å². The van der Waals surface area contributed by atoms with E-state index < -0.39 is 5.41 Å². The lowest BCUT2D eigenvalue weighted by Gasteiger charge is -2.40. The monoisotopic (exact) mass is 840 g/mol. The predicted octanol–water partition coefficient (Wildman–Crippen LogP) is 16.6. The molecule has 1 atom stereocenters. The minimum Gasteiger partial charge on any atom is -0.310 e. The molecule has 310 valence electrons. The van der Waals surface area contributed by atoms with Gasteiger partial charge >= 0.3 is 0 Å². The SMILES string of the molecule is CC1(C)c2ccccc2-c2c(-c3ccc(N(c4ccccc4)c4cccc(-c5cccc6c5C5(c7ccccc7-6)c6ccccc6-n6c7ccccc7c7cccc5c76)c4)cc3)cccc21. The standard InChI is InChI=1S/C64H44N2/c1-63(2)53-29-9-7-24-52(53)60-46(25-16-32-56(60)63)41-36-38-44(39-37-41)65(43-19-4-3-5-20-43)45-21-14-18-42(40-45)47-26-15-27-50-48-22-6-10-30-54(48)64(61(47)50)55-31-11-13-35-59(55)66-58-34-12-8-23-49(58)51-28-17-33-57(64)62(51)66/h3-40H,1-2H3. The first-order chi connectivity index (χ1) is 32.5. The van der Waals surface area contributed by atoms with Gasteiger partial charge in [0.25, 0.3) is 0 Å². The van der Waals surface area contributed by atoms with E-state index in [0.29, 0.717) is 0 Å². The van der Waals surface area contributed by atoms with E-state index in [1.165, 1.54) is 105 Å². The fraction of sp³-hybridized carbons (Fsp3) is 0.0625. The van der Waals surface area contributed by atoms with Crippen LogP contribution in [0.5, 0.6) is 0 Å². The molecule has 1 aromatic heterocycles. The van der Waals surface area contributed by atoms with Crippen molar-refractivity contribution in [1.29, 1.82) is 0 Å². The van der Waals surface area contributed by atoms with E-state index in [1.807, 2.05) is 0 Å². The van der Waals surface area contributed by atoms with Gasteiger partial charge in [-0.15, -0.1) is 0 Å². The summed E-state index contributed by atoms with van der Waals surface area (Å²) in [5.41, 5.74) is 24.8. The van der Waals surface area contributed by atoms with Crippen molar-refractivity contribution in [3.63, 3.8) is 0 Å². The molecule has 0 fully saturated rings. The van der Waals surface area contributed by atoms with Crippen LogP contribution in [0.2, 0.25) is 0 Å². The molecular formula is C64H44N2. The Morgan fingerprint density at radius 1 is 0.364 bits per heavy atom. The lowest BCUT2D eigenvalue weighted by atomic mass is 9.64. The van der Waals surface area contributed by atoms with Gasteiger partial charge in [0.2, 0.25) is 0 Å². The van der Waals surface area contributed by atoms with E-state index in [2.05, 4.69) is 254 Å².